The summed E-state index contributed by atoms with van der Waals surface area (Å²) < 4.78 is 25.0. The van der Waals surface area contributed by atoms with Gasteiger partial charge in [-0.15, -0.1) is 0 Å². The highest BCUT2D eigenvalue weighted by Gasteiger charge is 2.41. The number of rotatable bonds is 15. The monoisotopic (exact) mass is 408 g/mol. The van der Waals surface area contributed by atoms with Gasteiger partial charge in [-0.05, 0) is 51.6 Å². The quantitative estimate of drug-likeness (QED) is 0.240. The molecular formula is C18H44O4Si3. The highest BCUT2D eigenvalue weighted by atomic mass is 28.5. The molecule has 4 nitrogen and oxygen atoms in total. The second-order valence-electron chi connectivity index (χ2n) is 8.49. The Labute approximate surface area is 160 Å². The molecule has 0 bridgehead atoms. The molecule has 0 aromatic carbocycles. The first-order valence-electron chi connectivity index (χ1n) is 10.1. The van der Waals surface area contributed by atoms with Crippen molar-refractivity contribution in [2.75, 3.05) is 13.2 Å². The Morgan fingerprint density at radius 1 is 0.680 bits per heavy atom. The Balaban J connectivity index is 4.31. The van der Waals surface area contributed by atoms with E-state index in [-0.39, 0.29) is 0 Å². The normalized spacial score (nSPS) is 14.8. The van der Waals surface area contributed by atoms with Crippen molar-refractivity contribution in [2.24, 2.45) is 5.92 Å². The molecule has 0 aliphatic heterocycles. The third-order valence-corrected chi connectivity index (χ3v) is 13.7. The molecule has 0 radical (unpaired) electrons. The molecule has 7 heteroatoms. The van der Waals surface area contributed by atoms with Gasteiger partial charge in [0.15, 0.2) is 0 Å². The highest BCUT2D eigenvalue weighted by molar-refractivity contribution is 6.84. The summed E-state index contributed by atoms with van der Waals surface area (Å²) in [5.74, 6) is 0.572. The van der Waals surface area contributed by atoms with Crippen LogP contribution in [-0.4, -0.2) is 38.9 Å². The first-order chi connectivity index (χ1) is 11.4. The molecule has 0 saturated heterocycles. The predicted molar refractivity (Wildman–Crippen MR) is 115 cm³/mol. The molecule has 0 fully saturated rings. The smallest absolute Gasteiger partial charge is 0.322 e. The van der Waals surface area contributed by atoms with Gasteiger partial charge < -0.3 is 17.1 Å². The zero-order valence-corrected chi connectivity index (χ0v) is 21.4. The molecular weight excluding hydrogens is 364 g/mol. The van der Waals surface area contributed by atoms with Crippen LogP contribution in [0, 0.1) is 5.92 Å². The van der Waals surface area contributed by atoms with Crippen LogP contribution in [0.25, 0.3) is 0 Å². The lowest BCUT2D eigenvalue weighted by molar-refractivity contribution is 0.183. The first-order valence-corrected chi connectivity index (χ1v) is 18.6. The van der Waals surface area contributed by atoms with Crippen molar-refractivity contribution >= 4 is 25.7 Å². The van der Waals surface area contributed by atoms with Crippen LogP contribution < -0.4 is 0 Å². The Morgan fingerprint density at radius 3 is 1.72 bits per heavy atom. The average Bonchev–Trinajstić information content (AvgIpc) is 2.46. The second kappa shape index (κ2) is 12.0. The van der Waals surface area contributed by atoms with Gasteiger partial charge >= 0.3 is 25.7 Å². The Bertz CT molecular complexity index is 349. The van der Waals surface area contributed by atoms with E-state index < -0.39 is 25.7 Å². The average molecular weight is 409 g/mol. The third kappa shape index (κ3) is 14.2. The molecule has 0 N–H and O–H groups in total. The van der Waals surface area contributed by atoms with E-state index in [1.807, 2.05) is 0 Å². The van der Waals surface area contributed by atoms with Crippen molar-refractivity contribution in [1.29, 1.82) is 0 Å². The minimum absolute atomic E-state index is 0.572. The van der Waals surface area contributed by atoms with Gasteiger partial charge in [-0.3, -0.25) is 0 Å². The highest BCUT2D eigenvalue weighted by Crippen LogP contribution is 2.22. The van der Waals surface area contributed by atoms with Crippen LogP contribution in [0.3, 0.4) is 0 Å². The van der Waals surface area contributed by atoms with E-state index in [9.17, 15) is 0 Å². The van der Waals surface area contributed by atoms with Crippen LogP contribution in [0.4, 0.5) is 0 Å². The lowest BCUT2D eigenvalue weighted by Gasteiger charge is -2.37. The van der Waals surface area contributed by atoms with Gasteiger partial charge in [0, 0.05) is 13.2 Å². The minimum Gasteiger partial charge on any atom is -0.415 e. The summed E-state index contributed by atoms with van der Waals surface area (Å²) in [6.07, 6.45) is 7.41. The zero-order valence-electron chi connectivity index (χ0n) is 18.4. The SMILES string of the molecule is CCCCCCCO[Si](C)(C)O[Si](C)(C)O[Si](C)(C)OCC(C)CC. The van der Waals surface area contributed by atoms with Crippen LogP contribution in [-0.2, 0) is 17.1 Å². The molecule has 0 rings (SSSR count). The second-order valence-corrected chi connectivity index (χ2v) is 19.1. The molecule has 0 aliphatic rings. The van der Waals surface area contributed by atoms with E-state index in [2.05, 4.69) is 60.1 Å². The summed E-state index contributed by atoms with van der Waals surface area (Å²) in [6, 6.07) is 0. The summed E-state index contributed by atoms with van der Waals surface area (Å²) in [5, 5.41) is 0. The molecule has 1 atom stereocenters. The molecule has 0 aliphatic carbocycles. The van der Waals surface area contributed by atoms with Crippen LogP contribution in [0.1, 0.15) is 59.3 Å². The third-order valence-electron chi connectivity index (χ3n) is 4.09. The first kappa shape index (κ1) is 25.5. The summed E-state index contributed by atoms with van der Waals surface area (Å²) in [7, 11) is -6.59. The summed E-state index contributed by atoms with van der Waals surface area (Å²) in [6.45, 7) is 21.0. The number of unbranched alkanes of at least 4 members (excludes halogenated alkanes) is 4. The fraction of sp³-hybridized carbons (Fsp3) is 1.00. The summed E-state index contributed by atoms with van der Waals surface area (Å²) in [5.41, 5.74) is 0. The van der Waals surface area contributed by atoms with Crippen LogP contribution in [0.2, 0.25) is 39.3 Å². The van der Waals surface area contributed by atoms with Crippen LogP contribution in [0.5, 0.6) is 0 Å². The molecule has 25 heavy (non-hydrogen) atoms. The summed E-state index contributed by atoms with van der Waals surface area (Å²) >= 11 is 0. The number of hydrogen-bond donors (Lipinski definition) is 0. The van der Waals surface area contributed by atoms with E-state index in [1.165, 1.54) is 25.7 Å². The molecule has 0 spiro atoms. The molecule has 152 valence electrons. The van der Waals surface area contributed by atoms with Gasteiger partial charge in [-0.1, -0.05) is 52.9 Å². The topological polar surface area (TPSA) is 36.9 Å². The van der Waals surface area contributed by atoms with Crippen molar-refractivity contribution in [3.8, 4) is 0 Å². The van der Waals surface area contributed by atoms with Gasteiger partial charge in [0.1, 0.15) is 0 Å². The van der Waals surface area contributed by atoms with Gasteiger partial charge in [0.2, 0.25) is 0 Å². The largest absolute Gasteiger partial charge is 0.415 e. The number of hydrogen-bond acceptors (Lipinski definition) is 4. The molecule has 0 saturated carbocycles. The fourth-order valence-electron chi connectivity index (χ4n) is 2.75. The Morgan fingerprint density at radius 2 is 1.20 bits per heavy atom. The van der Waals surface area contributed by atoms with E-state index in [0.717, 1.165) is 26.1 Å². The Kier molecular flexibility index (Phi) is 12.3. The van der Waals surface area contributed by atoms with E-state index in [0.29, 0.717) is 5.92 Å². The van der Waals surface area contributed by atoms with Gasteiger partial charge in [0.05, 0.1) is 0 Å². The van der Waals surface area contributed by atoms with E-state index in [1.54, 1.807) is 0 Å². The lowest BCUT2D eigenvalue weighted by atomic mass is 10.1. The van der Waals surface area contributed by atoms with Crippen molar-refractivity contribution in [1.82, 2.24) is 0 Å². The standard InChI is InChI=1S/C18H44O4Si3/c1-10-12-13-14-15-16-19-23(4,5)21-25(8,9)22-24(6,7)20-17-18(3)11-2/h18H,10-17H2,1-9H3. The maximum atomic E-state index is 6.41. The maximum absolute atomic E-state index is 6.41. The van der Waals surface area contributed by atoms with Gasteiger partial charge in [-0.2, -0.15) is 0 Å². The zero-order chi connectivity index (χ0) is 19.6. The lowest BCUT2D eigenvalue weighted by Crippen LogP contribution is -2.54. The molecule has 0 aromatic heterocycles. The molecule has 0 heterocycles. The predicted octanol–water partition coefficient (Wildman–Crippen LogP) is 6.17. The summed E-state index contributed by atoms with van der Waals surface area (Å²) in [4.78, 5) is 0. The van der Waals surface area contributed by atoms with Crippen LogP contribution >= 0.6 is 0 Å². The van der Waals surface area contributed by atoms with Gasteiger partial charge in [0.25, 0.3) is 0 Å². The van der Waals surface area contributed by atoms with E-state index >= 15 is 0 Å². The van der Waals surface area contributed by atoms with E-state index in [4.69, 9.17) is 17.1 Å². The van der Waals surface area contributed by atoms with Gasteiger partial charge in [-0.25, -0.2) is 0 Å². The van der Waals surface area contributed by atoms with Crippen molar-refractivity contribution in [3.63, 3.8) is 0 Å². The van der Waals surface area contributed by atoms with Crippen molar-refractivity contribution < 1.29 is 17.1 Å². The molecule has 0 amide bonds. The maximum Gasteiger partial charge on any atom is 0.322 e. The van der Waals surface area contributed by atoms with Crippen molar-refractivity contribution in [2.45, 2.75) is 98.6 Å². The molecule has 1 unspecified atom stereocenters. The van der Waals surface area contributed by atoms with Crippen molar-refractivity contribution in [3.05, 3.63) is 0 Å². The molecule has 0 aromatic rings. The fourth-order valence-corrected chi connectivity index (χ4v) is 14.6. The Hall–Kier alpha value is 0.491. The minimum atomic E-state index is -2.26. The van der Waals surface area contributed by atoms with Crippen LogP contribution in [0.15, 0.2) is 0 Å².